The molecule has 1 aliphatic carbocycles. The third-order valence-electron chi connectivity index (χ3n) is 3.59. The second-order valence-corrected chi connectivity index (χ2v) is 7.78. The Morgan fingerprint density at radius 3 is 2.70 bits per heavy atom. The Labute approximate surface area is 128 Å². The minimum atomic E-state index is -3.62. The largest absolute Gasteiger partial charge is 0.495 e. The first-order chi connectivity index (χ1) is 9.35. The summed E-state index contributed by atoms with van der Waals surface area (Å²) in [6.45, 7) is 2.50. The van der Waals surface area contributed by atoms with Gasteiger partial charge in [0.1, 0.15) is 10.6 Å². The van der Waals surface area contributed by atoms with E-state index in [2.05, 4.69) is 27.6 Å². The van der Waals surface area contributed by atoms with E-state index >= 15 is 0 Å². The number of halogens is 1. The molecule has 0 saturated heterocycles. The smallest absolute Gasteiger partial charge is 0.244 e. The molecule has 1 saturated carbocycles. The van der Waals surface area contributed by atoms with Crippen molar-refractivity contribution in [2.24, 2.45) is 11.8 Å². The number of nitrogen functional groups attached to an aromatic ring is 1. The SMILES string of the molecule is COc1cc(Br)c(N)cc1S(=O)(=O)NCC(C)C1CC1. The van der Waals surface area contributed by atoms with E-state index < -0.39 is 10.0 Å². The van der Waals surface area contributed by atoms with Crippen molar-refractivity contribution in [2.45, 2.75) is 24.7 Å². The third-order valence-corrected chi connectivity index (χ3v) is 5.73. The second-order valence-electron chi connectivity index (χ2n) is 5.19. The van der Waals surface area contributed by atoms with Gasteiger partial charge < -0.3 is 10.5 Å². The lowest BCUT2D eigenvalue weighted by atomic mass is 10.1. The van der Waals surface area contributed by atoms with E-state index in [0.717, 1.165) is 0 Å². The van der Waals surface area contributed by atoms with Crippen LogP contribution in [0.4, 0.5) is 5.69 Å². The van der Waals surface area contributed by atoms with Gasteiger partial charge in [-0.1, -0.05) is 6.92 Å². The zero-order chi connectivity index (χ0) is 14.9. The average Bonchev–Trinajstić information content (AvgIpc) is 3.23. The predicted molar refractivity (Wildman–Crippen MR) is 82.2 cm³/mol. The molecule has 1 aromatic rings. The van der Waals surface area contributed by atoms with Crippen LogP contribution in [0.5, 0.6) is 5.75 Å². The van der Waals surface area contributed by atoms with E-state index in [1.54, 1.807) is 6.07 Å². The van der Waals surface area contributed by atoms with Crippen LogP contribution in [0.15, 0.2) is 21.5 Å². The van der Waals surface area contributed by atoms with Crippen LogP contribution < -0.4 is 15.2 Å². The topological polar surface area (TPSA) is 81.4 Å². The standard InChI is InChI=1S/C13H19BrN2O3S/c1-8(9-3-4-9)7-16-20(17,18)13-6-11(15)10(14)5-12(13)19-2/h5-6,8-9,16H,3-4,7,15H2,1-2H3. The molecule has 1 aromatic carbocycles. The Hall–Kier alpha value is -0.790. The molecule has 1 atom stereocenters. The summed E-state index contributed by atoms with van der Waals surface area (Å²) in [5, 5.41) is 0. The first kappa shape index (κ1) is 15.6. The maximum atomic E-state index is 12.4. The molecule has 3 N–H and O–H groups in total. The van der Waals surface area contributed by atoms with Crippen molar-refractivity contribution in [3.8, 4) is 5.75 Å². The molecule has 0 aliphatic heterocycles. The third kappa shape index (κ3) is 3.45. The Morgan fingerprint density at radius 1 is 1.50 bits per heavy atom. The zero-order valence-corrected chi connectivity index (χ0v) is 13.9. The predicted octanol–water partition coefficient (Wildman–Crippen LogP) is 2.36. The molecule has 20 heavy (non-hydrogen) atoms. The first-order valence-electron chi connectivity index (χ1n) is 6.48. The van der Waals surface area contributed by atoms with E-state index in [4.69, 9.17) is 10.5 Å². The average molecular weight is 363 g/mol. The Bertz CT molecular complexity index is 600. The fraction of sp³-hybridized carbons (Fsp3) is 0.538. The van der Waals surface area contributed by atoms with Crippen LogP contribution in [0.25, 0.3) is 0 Å². The molecule has 1 unspecified atom stereocenters. The van der Waals surface area contributed by atoms with E-state index in [1.807, 2.05) is 0 Å². The van der Waals surface area contributed by atoms with Gasteiger partial charge in [0.2, 0.25) is 10.0 Å². The van der Waals surface area contributed by atoms with Gasteiger partial charge in [0.05, 0.1) is 7.11 Å². The van der Waals surface area contributed by atoms with Gasteiger partial charge in [-0.05, 0) is 52.7 Å². The van der Waals surface area contributed by atoms with Crippen LogP contribution in [0.3, 0.4) is 0 Å². The lowest BCUT2D eigenvalue weighted by Gasteiger charge is -2.15. The summed E-state index contributed by atoms with van der Waals surface area (Å²) in [7, 11) is -2.18. The maximum absolute atomic E-state index is 12.4. The van der Waals surface area contributed by atoms with E-state index in [-0.39, 0.29) is 10.6 Å². The van der Waals surface area contributed by atoms with Gasteiger partial charge >= 0.3 is 0 Å². The summed E-state index contributed by atoms with van der Waals surface area (Å²) < 4.78 is 33.1. The number of benzene rings is 1. The number of anilines is 1. The van der Waals surface area contributed by atoms with Gasteiger partial charge in [-0.3, -0.25) is 0 Å². The summed E-state index contributed by atoms with van der Waals surface area (Å²) in [6.07, 6.45) is 2.38. The van der Waals surface area contributed by atoms with Crippen LogP contribution in [0, 0.1) is 11.8 Å². The van der Waals surface area contributed by atoms with Crippen molar-refractivity contribution in [1.82, 2.24) is 4.72 Å². The summed E-state index contributed by atoms with van der Waals surface area (Å²) in [5.74, 6) is 1.27. The van der Waals surface area contributed by atoms with Crippen molar-refractivity contribution in [1.29, 1.82) is 0 Å². The van der Waals surface area contributed by atoms with Crippen LogP contribution in [-0.4, -0.2) is 22.1 Å². The van der Waals surface area contributed by atoms with Crippen molar-refractivity contribution in [3.63, 3.8) is 0 Å². The van der Waals surface area contributed by atoms with Crippen molar-refractivity contribution < 1.29 is 13.2 Å². The highest BCUT2D eigenvalue weighted by atomic mass is 79.9. The Kier molecular flexibility index (Phi) is 4.61. The van der Waals surface area contributed by atoms with Crippen LogP contribution >= 0.6 is 15.9 Å². The summed E-state index contributed by atoms with van der Waals surface area (Å²) >= 11 is 3.26. The highest BCUT2D eigenvalue weighted by Crippen LogP contribution is 2.36. The lowest BCUT2D eigenvalue weighted by molar-refractivity contribution is 0.401. The maximum Gasteiger partial charge on any atom is 0.244 e. The Morgan fingerprint density at radius 2 is 2.15 bits per heavy atom. The van der Waals surface area contributed by atoms with E-state index in [0.29, 0.717) is 28.5 Å². The molecule has 1 aliphatic rings. The minimum absolute atomic E-state index is 0.0729. The highest BCUT2D eigenvalue weighted by molar-refractivity contribution is 9.10. The number of hydrogen-bond acceptors (Lipinski definition) is 4. The molecule has 0 radical (unpaired) electrons. The van der Waals surface area contributed by atoms with Crippen molar-refractivity contribution in [3.05, 3.63) is 16.6 Å². The number of nitrogens with one attached hydrogen (secondary N) is 1. The fourth-order valence-corrected chi connectivity index (χ4v) is 3.72. The van der Waals surface area contributed by atoms with Crippen LogP contribution in [0.2, 0.25) is 0 Å². The molecule has 5 nitrogen and oxygen atoms in total. The van der Waals surface area contributed by atoms with Gasteiger partial charge in [-0.15, -0.1) is 0 Å². The van der Waals surface area contributed by atoms with Crippen molar-refractivity contribution >= 4 is 31.6 Å². The van der Waals surface area contributed by atoms with Crippen LogP contribution in [0.1, 0.15) is 19.8 Å². The minimum Gasteiger partial charge on any atom is -0.495 e. The normalized spacial score (nSPS) is 16.9. The molecule has 0 aromatic heterocycles. The Balaban J connectivity index is 2.21. The van der Waals surface area contributed by atoms with Gasteiger partial charge in [0.15, 0.2) is 0 Å². The number of hydrogen-bond donors (Lipinski definition) is 2. The number of ether oxygens (including phenoxy) is 1. The zero-order valence-electron chi connectivity index (χ0n) is 11.5. The summed E-state index contributed by atoms with van der Waals surface area (Å²) in [4.78, 5) is 0.0729. The quantitative estimate of drug-likeness (QED) is 0.761. The molecule has 0 amide bonds. The number of methoxy groups -OCH3 is 1. The van der Waals surface area contributed by atoms with Crippen molar-refractivity contribution in [2.75, 3.05) is 19.4 Å². The summed E-state index contributed by atoms with van der Waals surface area (Å²) in [5.41, 5.74) is 6.12. The van der Waals surface area contributed by atoms with E-state index in [1.165, 1.54) is 26.0 Å². The monoisotopic (exact) mass is 362 g/mol. The lowest BCUT2D eigenvalue weighted by Crippen LogP contribution is -2.29. The molecular weight excluding hydrogens is 344 g/mol. The molecule has 112 valence electrons. The molecule has 0 bridgehead atoms. The molecule has 7 heteroatoms. The molecule has 0 heterocycles. The van der Waals surface area contributed by atoms with Crippen LogP contribution in [-0.2, 0) is 10.0 Å². The second kappa shape index (κ2) is 5.91. The molecule has 1 fully saturated rings. The highest BCUT2D eigenvalue weighted by Gasteiger charge is 2.29. The number of rotatable bonds is 6. The first-order valence-corrected chi connectivity index (χ1v) is 8.75. The number of sulfonamides is 1. The fourth-order valence-electron chi connectivity index (χ4n) is 2.07. The molecule has 2 rings (SSSR count). The summed E-state index contributed by atoms with van der Waals surface area (Å²) in [6, 6.07) is 2.97. The number of nitrogens with two attached hydrogens (primary N) is 1. The van der Waals surface area contributed by atoms with Gasteiger partial charge in [0.25, 0.3) is 0 Å². The molecular formula is C13H19BrN2O3S. The van der Waals surface area contributed by atoms with Gasteiger partial charge in [0, 0.05) is 16.7 Å². The molecule has 0 spiro atoms. The van der Waals surface area contributed by atoms with Gasteiger partial charge in [-0.25, -0.2) is 13.1 Å². The van der Waals surface area contributed by atoms with Gasteiger partial charge in [-0.2, -0.15) is 0 Å². The van der Waals surface area contributed by atoms with E-state index in [9.17, 15) is 8.42 Å².